The predicted molar refractivity (Wildman–Crippen MR) is 134 cm³/mol. The van der Waals surface area contributed by atoms with E-state index in [0.29, 0.717) is 0 Å². The average molecular weight is 477 g/mol. The lowest BCUT2D eigenvalue weighted by Gasteiger charge is -2.47. The monoisotopic (exact) mass is 476 g/mol. The first-order chi connectivity index (χ1) is 16.6. The number of hydrogen-bond donors (Lipinski definition) is 0. The fourth-order valence-corrected chi connectivity index (χ4v) is 5.33. The molecule has 4 heterocycles. The summed E-state index contributed by atoms with van der Waals surface area (Å²) < 4.78 is 15.0. The molecule has 9 heteroatoms. The molecule has 5 rings (SSSR count). The van der Waals surface area contributed by atoms with Gasteiger partial charge < -0.3 is 18.9 Å². The van der Waals surface area contributed by atoms with Crippen molar-refractivity contribution >= 4 is 16.7 Å². The molecule has 0 spiro atoms. The van der Waals surface area contributed by atoms with E-state index in [2.05, 4.69) is 53.9 Å². The van der Waals surface area contributed by atoms with Crippen molar-refractivity contribution in [1.29, 1.82) is 5.26 Å². The van der Waals surface area contributed by atoms with E-state index in [0.717, 1.165) is 41.3 Å². The van der Waals surface area contributed by atoms with Crippen molar-refractivity contribution in [2.24, 2.45) is 7.05 Å². The number of nitriles is 1. The number of ether oxygens (including phenoxy) is 2. The first-order valence-electron chi connectivity index (χ1n) is 12.1. The molecule has 1 unspecified atom stereocenters. The lowest BCUT2D eigenvalue weighted by molar-refractivity contribution is -0.0431. The molecule has 1 saturated heterocycles. The van der Waals surface area contributed by atoms with Crippen molar-refractivity contribution in [2.75, 3.05) is 18.0 Å². The van der Waals surface area contributed by atoms with Crippen LogP contribution in [0.4, 0.5) is 5.69 Å². The van der Waals surface area contributed by atoms with Gasteiger partial charge in [-0.25, -0.2) is 0 Å². The van der Waals surface area contributed by atoms with Gasteiger partial charge in [0.25, 0.3) is 5.56 Å². The van der Waals surface area contributed by atoms with Crippen molar-refractivity contribution in [3.8, 4) is 17.6 Å². The van der Waals surface area contributed by atoms with E-state index < -0.39 is 5.79 Å². The standard InChI is InChI=1S/C26H32N6O3/c1-16-14-32(20-12-24(33)29(6)21-15-30(10-9-27)28-25(20)21)17(2)13-31(16)18(3)19-7-8-22-23(11-19)35-26(4,5)34-22/h7-8,11-12,15-18H,10,13-14H2,1-6H3/t16-,17+,18?/m1/s1. The minimum Gasteiger partial charge on any atom is -0.449 e. The Morgan fingerprint density at radius 3 is 2.66 bits per heavy atom. The summed E-state index contributed by atoms with van der Waals surface area (Å²) in [4.78, 5) is 17.5. The second kappa shape index (κ2) is 8.31. The molecule has 0 amide bonds. The van der Waals surface area contributed by atoms with E-state index in [-0.39, 0.29) is 30.2 Å². The maximum atomic E-state index is 12.7. The molecule has 9 nitrogen and oxygen atoms in total. The maximum absolute atomic E-state index is 12.7. The van der Waals surface area contributed by atoms with Gasteiger partial charge >= 0.3 is 0 Å². The zero-order valence-corrected chi connectivity index (χ0v) is 21.1. The maximum Gasteiger partial charge on any atom is 0.252 e. The Morgan fingerprint density at radius 1 is 1.17 bits per heavy atom. The Balaban J connectivity index is 1.42. The van der Waals surface area contributed by atoms with E-state index >= 15 is 0 Å². The minimum atomic E-state index is -0.643. The van der Waals surface area contributed by atoms with E-state index in [1.165, 1.54) is 5.56 Å². The van der Waals surface area contributed by atoms with Crippen LogP contribution in [0, 0.1) is 11.3 Å². The van der Waals surface area contributed by atoms with Gasteiger partial charge in [-0.1, -0.05) is 6.07 Å². The molecule has 2 aliphatic rings. The average Bonchev–Trinajstić information content (AvgIpc) is 3.36. The number of aryl methyl sites for hydroxylation is 1. The molecular weight excluding hydrogens is 444 g/mol. The van der Waals surface area contributed by atoms with E-state index in [9.17, 15) is 4.79 Å². The van der Waals surface area contributed by atoms with Gasteiger partial charge in [0.05, 0.1) is 23.5 Å². The Kier molecular flexibility index (Phi) is 5.52. The first-order valence-corrected chi connectivity index (χ1v) is 12.1. The van der Waals surface area contributed by atoms with Gasteiger partial charge in [0.2, 0.25) is 5.79 Å². The number of aromatic nitrogens is 3. The predicted octanol–water partition coefficient (Wildman–Crippen LogP) is 3.43. The van der Waals surface area contributed by atoms with Crippen LogP contribution in [0.15, 0.2) is 35.3 Å². The van der Waals surface area contributed by atoms with Crippen molar-refractivity contribution in [2.45, 2.75) is 65.1 Å². The summed E-state index contributed by atoms with van der Waals surface area (Å²) in [6.07, 6.45) is 1.77. The highest BCUT2D eigenvalue weighted by molar-refractivity contribution is 5.88. The van der Waals surface area contributed by atoms with Crippen LogP contribution in [-0.2, 0) is 13.6 Å². The molecule has 1 fully saturated rings. The van der Waals surface area contributed by atoms with Crippen LogP contribution in [0.5, 0.6) is 11.5 Å². The number of fused-ring (bicyclic) bond motifs is 2. The second-order valence-corrected chi connectivity index (χ2v) is 10.2. The molecule has 2 aromatic heterocycles. The Morgan fingerprint density at radius 2 is 1.91 bits per heavy atom. The van der Waals surface area contributed by atoms with Gasteiger partial charge in [0, 0.05) is 58.2 Å². The molecule has 3 aromatic rings. The molecule has 184 valence electrons. The summed E-state index contributed by atoms with van der Waals surface area (Å²) >= 11 is 0. The largest absolute Gasteiger partial charge is 0.449 e. The van der Waals surface area contributed by atoms with Crippen molar-refractivity contribution in [3.63, 3.8) is 0 Å². The summed E-state index contributed by atoms with van der Waals surface area (Å²) in [5.41, 5.74) is 3.42. The van der Waals surface area contributed by atoms with E-state index in [1.54, 1.807) is 28.6 Å². The highest BCUT2D eigenvalue weighted by Gasteiger charge is 2.36. The smallest absolute Gasteiger partial charge is 0.252 e. The summed E-state index contributed by atoms with van der Waals surface area (Å²) in [5.74, 6) is 0.924. The second-order valence-electron chi connectivity index (χ2n) is 10.2. The number of rotatable bonds is 4. The third-order valence-electron chi connectivity index (χ3n) is 7.17. The fourth-order valence-electron chi connectivity index (χ4n) is 5.33. The number of anilines is 1. The third kappa shape index (κ3) is 4.02. The fraction of sp³-hybridized carbons (Fsp3) is 0.500. The summed E-state index contributed by atoms with van der Waals surface area (Å²) in [6.45, 7) is 12.2. The van der Waals surface area contributed by atoms with Gasteiger partial charge in [-0.05, 0) is 38.5 Å². The molecule has 3 atom stereocenters. The number of hydrogen-bond acceptors (Lipinski definition) is 7. The lowest BCUT2D eigenvalue weighted by Crippen LogP contribution is -2.57. The molecule has 35 heavy (non-hydrogen) atoms. The molecule has 0 radical (unpaired) electrons. The molecule has 2 aliphatic heterocycles. The summed E-state index contributed by atoms with van der Waals surface area (Å²) in [5, 5.41) is 13.7. The Bertz CT molecular complexity index is 1380. The highest BCUT2D eigenvalue weighted by atomic mass is 16.7. The van der Waals surface area contributed by atoms with Crippen LogP contribution in [-0.4, -0.2) is 50.2 Å². The van der Waals surface area contributed by atoms with E-state index in [1.807, 2.05) is 19.9 Å². The topological polar surface area (TPSA) is 88.5 Å². The number of pyridine rings is 1. The van der Waals surface area contributed by atoms with Crippen LogP contribution in [0.1, 0.15) is 46.2 Å². The molecule has 0 saturated carbocycles. The van der Waals surface area contributed by atoms with Crippen molar-refractivity contribution in [1.82, 2.24) is 19.2 Å². The van der Waals surface area contributed by atoms with Crippen LogP contribution in [0.3, 0.4) is 0 Å². The number of benzene rings is 1. The van der Waals surface area contributed by atoms with Crippen LogP contribution in [0.25, 0.3) is 11.0 Å². The zero-order valence-electron chi connectivity index (χ0n) is 21.1. The summed E-state index contributed by atoms with van der Waals surface area (Å²) in [7, 11) is 1.74. The van der Waals surface area contributed by atoms with Gasteiger partial charge in [-0.2, -0.15) is 10.4 Å². The third-order valence-corrected chi connectivity index (χ3v) is 7.17. The van der Waals surface area contributed by atoms with Crippen LogP contribution >= 0.6 is 0 Å². The zero-order chi connectivity index (χ0) is 25.1. The molecule has 0 bridgehead atoms. The number of nitrogens with zero attached hydrogens (tertiary/aromatic N) is 6. The minimum absolute atomic E-state index is 0.0806. The molecular formula is C26H32N6O3. The van der Waals surface area contributed by atoms with Gasteiger partial charge in [0.15, 0.2) is 11.5 Å². The van der Waals surface area contributed by atoms with Crippen LogP contribution < -0.4 is 19.9 Å². The van der Waals surface area contributed by atoms with Crippen molar-refractivity contribution in [3.05, 3.63) is 46.4 Å². The van der Waals surface area contributed by atoms with Crippen molar-refractivity contribution < 1.29 is 9.47 Å². The van der Waals surface area contributed by atoms with Crippen LogP contribution in [0.2, 0.25) is 0 Å². The normalized spacial score (nSPS) is 22.4. The molecule has 1 aromatic carbocycles. The SMILES string of the molecule is CC(c1ccc2c(c1)OC(C)(C)O2)N1C[C@H](C)N(c2cc(=O)n(C)c3cn(CC#N)nc23)C[C@H]1C. The highest BCUT2D eigenvalue weighted by Crippen LogP contribution is 2.42. The van der Waals surface area contributed by atoms with E-state index in [4.69, 9.17) is 14.7 Å². The number of piperazine rings is 1. The quantitative estimate of drug-likeness (QED) is 0.570. The molecule has 0 N–H and O–H groups in total. The van der Waals surface area contributed by atoms with Gasteiger partial charge in [0.1, 0.15) is 12.1 Å². The van der Waals surface area contributed by atoms with Gasteiger partial charge in [-0.3, -0.25) is 14.4 Å². The summed E-state index contributed by atoms with van der Waals surface area (Å²) in [6, 6.07) is 10.6. The first kappa shape index (κ1) is 23.2. The lowest BCUT2D eigenvalue weighted by atomic mass is 10.00. The van der Waals surface area contributed by atoms with Gasteiger partial charge in [-0.15, -0.1) is 0 Å². The Labute approximate surface area is 205 Å². The Hall–Kier alpha value is -3.51. The molecule has 0 aliphatic carbocycles.